The molecule has 0 spiro atoms. The molecule has 0 radical (unpaired) electrons. The molecule has 2 N–H and O–H groups in total. The fraction of sp³-hybridized carbons (Fsp3) is 0.533. The van der Waals surface area contributed by atoms with Crippen LogP contribution in [-0.4, -0.2) is 138 Å². The Kier molecular flexibility index (Phi) is 10.8. The standard InChI is InChI=1S/C45H50F2N12O6/c1-53-40-27(4-2-6-35(40)59(45(53)63)36-11-12-38(60)51-44(36)62)5-3-14-54-19-30-23-64-24-31(20-54)55(30)18-26-7-9-28(10-8-26)58-22-34(39(52-58)41(46)47)49-43(61)33-17-48-57-15-13-37(50-42(33)57)56-21-32-16-29(56)25-65-32/h2,4,6,13,15,17,22,26,28-32,36,41H,7-12,14,16,18-21,23-25H2,1H3,(H,49,61)(H,51,60,62)/t26-,28-,29-,30?,31?,32-,36?/m1/s1. The van der Waals surface area contributed by atoms with Gasteiger partial charge in [-0.05, 0) is 62.6 Å². The van der Waals surface area contributed by atoms with Gasteiger partial charge in [0.15, 0.2) is 11.3 Å². The minimum atomic E-state index is -2.88. The normalized spacial score (nSPS) is 27.1. The highest BCUT2D eigenvalue weighted by molar-refractivity contribution is 6.08. The molecule has 3 amide bonds. The number of nitrogens with zero attached hydrogens (tertiary/aromatic N) is 10. The average Bonchev–Trinajstić information content (AvgIpc) is 4.14. The van der Waals surface area contributed by atoms with Crippen molar-refractivity contribution in [3.63, 3.8) is 0 Å². The number of nitrogens with one attached hydrogen (secondary N) is 2. The summed E-state index contributed by atoms with van der Waals surface area (Å²) in [6.07, 6.45) is 6.78. The SMILES string of the molecule is Cn1c(=O)n(C2CCC(=O)NC2=O)c2cccc(C#CCN3CC4COCC(C3)N4C[C@H]3CC[C@H](n4cc(NC(=O)c5cnn6ccc(N7C[C@H]8C[C@@H]7CO8)nc56)c(C(F)F)n4)CC3)c21. The van der Waals surface area contributed by atoms with Crippen LogP contribution in [0.25, 0.3) is 16.7 Å². The van der Waals surface area contributed by atoms with Crippen LogP contribution in [0, 0.1) is 17.8 Å². The maximum atomic E-state index is 14.4. The monoisotopic (exact) mass is 892 g/mol. The van der Waals surface area contributed by atoms with E-state index in [2.05, 4.69) is 47.4 Å². The number of aryl methyl sites for hydroxylation is 1. The van der Waals surface area contributed by atoms with E-state index in [1.54, 1.807) is 24.1 Å². The summed E-state index contributed by atoms with van der Waals surface area (Å²) in [5.74, 6) is 6.43. The van der Waals surface area contributed by atoms with E-state index in [0.717, 1.165) is 64.1 Å². The number of para-hydroxylation sites is 1. The number of amides is 3. The smallest absolute Gasteiger partial charge is 0.329 e. The number of aromatic nitrogens is 7. The van der Waals surface area contributed by atoms with Crippen LogP contribution in [0.2, 0.25) is 0 Å². The molecule has 1 aliphatic carbocycles. The van der Waals surface area contributed by atoms with Gasteiger partial charge in [0.2, 0.25) is 11.8 Å². The minimum Gasteiger partial charge on any atom is -0.378 e. The van der Waals surface area contributed by atoms with E-state index in [4.69, 9.17) is 14.5 Å². The Hall–Kier alpha value is -6.01. The number of halogens is 2. The third kappa shape index (κ3) is 7.67. The molecular weight excluding hydrogens is 843 g/mol. The highest BCUT2D eigenvalue weighted by Crippen LogP contribution is 2.37. The zero-order valence-electron chi connectivity index (χ0n) is 35.9. The van der Waals surface area contributed by atoms with Crippen LogP contribution in [0.15, 0.2) is 47.7 Å². The van der Waals surface area contributed by atoms with Gasteiger partial charge in [0.1, 0.15) is 17.4 Å². The zero-order valence-corrected chi connectivity index (χ0v) is 35.9. The number of imidazole rings is 1. The first-order valence-corrected chi connectivity index (χ1v) is 22.6. The van der Waals surface area contributed by atoms with E-state index >= 15 is 0 Å². The molecule has 5 saturated heterocycles. The van der Waals surface area contributed by atoms with Gasteiger partial charge in [0.25, 0.3) is 12.3 Å². The van der Waals surface area contributed by atoms with Gasteiger partial charge in [-0.2, -0.15) is 10.2 Å². The topological polar surface area (TPSA) is 178 Å². The van der Waals surface area contributed by atoms with Gasteiger partial charge in [-0.1, -0.05) is 17.9 Å². The van der Waals surface area contributed by atoms with E-state index in [1.807, 2.05) is 24.3 Å². The molecule has 3 unspecified atom stereocenters. The van der Waals surface area contributed by atoms with Crippen LogP contribution in [0.4, 0.5) is 20.3 Å². The molecule has 1 aromatic carbocycles. The van der Waals surface area contributed by atoms with Crippen LogP contribution in [0.1, 0.15) is 85.1 Å². The van der Waals surface area contributed by atoms with Gasteiger partial charge in [-0.15, -0.1) is 0 Å². The van der Waals surface area contributed by atoms with Crippen molar-refractivity contribution in [2.45, 2.75) is 87.7 Å². The number of carbonyl (C=O) groups is 3. The Labute approximate surface area is 371 Å². The van der Waals surface area contributed by atoms with Crippen LogP contribution in [-0.2, 0) is 26.1 Å². The molecule has 5 aromatic rings. The predicted octanol–water partition coefficient (Wildman–Crippen LogP) is 2.89. The molecule has 340 valence electrons. The number of hydrogen-bond donors (Lipinski definition) is 2. The summed E-state index contributed by atoms with van der Waals surface area (Å²) in [6, 6.07) is 7.20. The average molecular weight is 893 g/mol. The van der Waals surface area contributed by atoms with Crippen LogP contribution < -0.4 is 21.2 Å². The van der Waals surface area contributed by atoms with E-state index in [9.17, 15) is 28.0 Å². The number of anilines is 2. The molecule has 20 heteroatoms. The molecule has 9 heterocycles. The molecule has 4 aromatic heterocycles. The summed E-state index contributed by atoms with van der Waals surface area (Å²) in [4.78, 5) is 63.3. The first-order chi connectivity index (χ1) is 31.6. The number of piperidine rings is 1. The number of piperazine rings is 1. The Bertz CT molecular complexity index is 2800. The highest BCUT2D eigenvalue weighted by Gasteiger charge is 2.41. The Morgan fingerprint density at radius 2 is 1.82 bits per heavy atom. The molecule has 6 aliphatic rings. The molecule has 11 rings (SSSR count). The largest absolute Gasteiger partial charge is 0.378 e. The molecule has 4 bridgehead atoms. The molecule has 5 aliphatic heterocycles. The van der Waals surface area contributed by atoms with E-state index < -0.39 is 30.0 Å². The summed E-state index contributed by atoms with van der Waals surface area (Å²) < 4.78 is 46.7. The molecule has 18 nitrogen and oxygen atoms in total. The lowest BCUT2D eigenvalue weighted by Gasteiger charge is -2.50. The fourth-order valence-electron chi connectivity index (χ4n) is 11.0. The molecule has 65 heavy (non-hydrogen) atoms. The number of fused-ring (bicyclic) bond motifs is 6. The first kappa shape index (κ1) is 41.7. The van der Waals surface area contributed by atoms with E-state index in [0.29, 0.717) is 54.5 Å². The third-order valence-corrected chi connectivity index (χ3v) is 14.3. The second-order valence-corrected chi connectivity index (χ2v) is 18.3. The van der Waals surface area contributed by atoms with Gasteiger partial charge in [-0.3, -0.25) is 43.3 Å². The fourth-order valence-corrected chi connectivity index (χ4v) is 11.0. The summed E-state index contributed by atoms with van der Waals surface area (Å²) in [5, 5.41) is 13.7. The number of ether oxygens (including phenoxy) is 2. The van der Waals surface area contributed by atoms with Crippen molar-refractivity contribution < 1.29 is 32.6 Å². The summed E-state index contributed by atoms with van der Waals surface area (Å²) in [7, 11) is 1.68. The number of carbonyl (C=O) groups excluding carboxylic acids is 3. The van der Waals surface area contributed by atoms with E-state index in [-0.39, 0.29) is 66.0 Å². The lowest BCUT2D eigenvalue weighted by molar-refractivity contribution is -0.135. The van der Waals surface area contributed by atoms with Gasteiger partial charge >= 0.3 is 5.69 Å². The van der Waals surface area contributed by atoms with Crippen LogP contribution in [0.3, 0.4) is 0 Å². The minimum absolute atomic E-state index is 0.0152. The van der Waals surface area contributed by atoms with E-state index in [1.165, 1.54) is 19.8 Å². The second kappa shape index (κ2) is 16.8. The second-order valence-electron chi connectivity index (χ2n) is 18.3. The van der Waals surface area contributed by atoms with Gasteiger partial charge in [0.05, 0.1) is 73.0 Å². The van der Waals surface area contributed by atoms with Gasteiger partial charge in [-0.25, -0.2) is 23.1 Å². The van der Waals surface area contributed by atoms with Crippen molar-refractivity contribution in [2.24, 2.45) is 13.0 Å². The number of rotatable bonds is 9. The number of morpholine rings is 2. The lowest BCUT2D eigenvalue weighted by atomic mass is 9.85. The Balaban J connectivity index is 0.710. The quantitative estimate of drug-likeness (QED) is 0.164. The Morgan fingerprint density at radius 3 is 2.55 bits per heavy atom. The maximum absolute atomic E-state index is 14.4. The first-order valence-electron chi connectivity index (χ1n) is 22.6. The number of imide groups is 1. The summed E-state index contributed by atoms with van der Waals surface area (Å²) >= 11 is 0. The maximum Gasteiger partial charge on any atom is 0.329 e. The van der Waals surface area contributed by atoms with Gasteiger partial charge < -0.3 is 19.7 Å². The number of hydrogen-bond acceptors (Lipinski definition) is 12. The number of benzene rings is 1. The van der Waals surface area contributed by atoms with Crippen LogP contribution in [0.5, 0.6) is 0 Å². The predicted molar refractivity (Wildman–Crippen MR) is 232 cm³/mol. The summed E-state index contributed by atoms with van der Waals surface area (Å²) in [5.41, 5.74) is 1.69. The van der Waals surface area contributed by atoms with Crippen molar-refractivity contribution >= 4 is 45.9 Å². The molecule has 6 fully saturated rings. The zero-order chi connectivity index (χ0) is 44.5. The molecule has 5 atom stereocenters. The Morgan fingerprint density at radius 1 is 1.00 bits per heavy atom. The van der Waals surface area contributed by atoms with Crippen molar-refractivity contribution in [3.05, 3.63) is 70.2 Å². The highest BCUT2D eigenvalue weighted by atomic mass is 19.3. The van der Waals surface area contributed by atoms with Crippen molar-refractivity contribution in [2.75, 3.05) is 62.8 Å². The summed E-state index contributed by atoms with van der Waals surface area (Å²) in [6.45, 7) is 5.70. The number of alkyl halides is 2. The van der Waals surface area contributed by atoms with Crippen molar-refractivity contribution in [1.29, 1.82) is 0 Å². The van der Waals surface area contributed by atoms with Crippen molar-refractivity contribution in [3.8, 4) is 11.8 Å². The van der Waals surface area contributed by atoms with Gasteiger partial charge in [0, 0.05) is 64.1 Å². The lowest BCUT2D eigenvalue weighted by Crippen LogP contribution is -2.65. The van der Waals surface area contributed by atoms with Crippen molar-refractivity contribution in [1.82, 2.24) is 48.6 Å². The third-order valence-electron chi connectivity index (χ3n) is 14.3. The molecular formula is C45H50F2N12O6. The van der Waals surface area contributed by atoms with Crippen LogP contribution >= 0.6 is 0 Å². The molecule has 1 saturated carbocycles.